The summed E-state index contributed by atoms with van der Waals surface area (Å²) in [6, 6.07) is -0.107. The van der Waals surface area contributed by atoms with Gasteiger partial charge in [-0.25, -0.2) is 0 Å². The molecule has 5 aliphatic rings. The summed E-state index contributed by atoms with van der Waals surface area (Å²) in [4.78, 5) is 15.3. The summed E-state index contributed by atoms with van der Waals surface area (Å²) in [6.45, 7) is 1.06. The Morgan fingerprint density at radius 3 is 2.52 bits per heavy atom. The number of fused-ring (bicyclic) bond motifs is 1. The number of likely N-dealkylation sites (tertiary alicyclic amines) is 1. The van der Waals surface area contributed by atoms with E-state index in [1.54, 1.807) is 0 Å². The number of nitrogens with zero attached hydrogens (tertiary/aromatic N) is 1. The second kappa shape index (κ2) is 7.25. The lowest BCUT2D eigenvalue weighted by Gasteiger charge is -2.53. The zero-order valence-corrected chi connectivity index (χ0v) is 18.0. The van der Waals surface area contributed by atoms with Crippen molar-refractivity contribution < 1.29 is 4.79 Å². The molecule has 4 saturated carbocycles. The van der Waals surface area contributed by atoms with Gasteiger partial charge >= 0.3 is 0 Å². The molecule has 29 heavy (non-hydrogen) atoms. The highest BCUT2D eigenvalue weighted by Crippen LogP contribution is 2.66. The highest BCUT2D eigenvalue weighted by Gasteiger charge is 2.67. The Labute approximate surface area is 175 Å². The summed E-state index contributed by atoms with van der Waals surface area (Å²) in [5, 5.41) is 8.13. The lowest BCUT2D eigenvalue weighted by molar-refractivity contribution is -0.125. The summed E-state index contributed by atoms with van der Waals surface area (Å²) in [7, 11) is 0. The molecule has 7 atom stereocenters. The molecule has 5 nitrogen and oxygen atoms in total. The van der Waals surface area contributed by atoms with Gasteiger partial charge in [-0.15, -0.1) is 0 Å². The molecule has 1 heterocycles. The molecule has 1 amide bonds. The molecule has 5 heteroatoms. The average molecular weight is 401 g/mol. The summed E-state index contributed by atoms with van der Waals surface area (Å²) in [6.07, 6.45) is 17.4. The van der Waals surface area contributed by atoms with Crippen molar-refractivity contribution in [2.75, 3.05) is 6.54 Å². The van der Waals surface area contributed by atoms with Gasteiger partial charge in [-0.2, -0.15) is 0 Å². The predicted octanol–water partition coefficient (Wildman–Crippen LogP) is 3.80. The number of hydrogen-bond donors (Lipinski definition) is 3. The van der Waals surface area contributed by atoms with Gasteiger partial charge in [0.25, 0.3) is 0 Å². The van der Waals surface area contributed by atoms with Crippen molar-refractivity contribution in [2.45, 2.75) is 101 Å². The SMILES string of the molecule is N=C(N)C1CCC23CCCC2(C1)N(CC1CCCC2CCCCC21)C(C(N)=O)C3. The van der Waals surface area contributed by atoms with Crippen LogP contribution in [-0.4, -0.2) is 34.8 Å². The third kappa shape index (κ3) is 2.97. The maximum Gasteiger partial charge on any atom is 0.234 e. The van der Waals surface area contributed by atoms with E-state index in [0.29, 0.717) is 5.84 Å². The van der Waals surface area contributed by atoms with E-state index in [2.05, 4.69) is 4.90 Å². The van der Waals surface area contributed by atoms with Gasteiger partial charge in [0.2, 0.25) is 5.91 Å². The smallest absolute Gasteiger partial charge is 0.234 e. The molecule has 0 radical (unpaired) electrons. The zero-order valence-electron chi connectivity index (χ0n) is 18.0. The Morgan fingerprint density at radius 1 is 0.931 bits per heavy atom. The highest BCUT2D eigenvalue weighted by molar-refractivity contribution is 5.82. The van der Waals surface area contributed by atoms with Crippen molar-refractivity contribution in [3.05, 3.63) is 0 Å². The van der Waals surface area contributed by atoms with Crippen LogP contribution in [0.15, 0.2) is 0 Å². The largest absolute Gasteiger partial charge is 0.387 e. The number of hydrogen-bond acceptors (Lipinski definition) is 3. The van der Waals surface area contributed by atoms with Crippen molar-refractivity contribution in [1.82, 2.24) is 4.90 Å². The second-order valence-corrected chi connectivity index (χ2v) is 11.2. The number of carbonyl (C=O) groups excluding carboxylic acids is 1. The first kappa shape index (κ1) is 19.8. The van der Waals surface area contributed by atoms with E-state index in [9.17, 15) is 4.79 Å². The van der Waals surface area contributed by atoms with Crippen LogP contribution >= 0.6 is 0 Å². The maximum atomic E-state index is 12.6. The topological polar surface area (TPSA) is 96.2 Å². The van der Waals surface area contributed by atoms with Crippen molar-refractivity contribution >= 4 is 11.7 Å². The van der Waals surface area contributed by atoms with Crippen molar-refractivity contribution in [3.8, 4) is 0 Å². The van der Waals surface area contributed by atoms with Crippen LogP contribution in [0.3, 0.4) is 0 Å². The molecule has 0 aromatic carbocycles. The molecule has 0 bridgehead atoms. The fraction of sp³-hybridized carbons (Fsp3) is 0.917. The first-order chi connectivity index (χ1) is 14.0. The van der Waals surface area contributed by atoms with E-state index in [1.165, 1.54) is 64.2 Å². The van der Waals surface area contributed by atoms with Gasteiger partial charge in [-0.3, -0.25) is 15.1 Å². The maximum absolute atomic E-state index is 12.6. The first-order valence-corrected chi connectivity index (χ1v) is 12.4. The Bertz CT molecular complexity index is 678. The van der Waals surface area contributed by atoms with Crippen molar-refractivity contribution in [3.63, 3.8) is 0 Å². The molecule has 5 N–H and O–H groups in total. The molecular formula is C24H40N4O. The molecule has 0 spiro atoms. The number of carbonyl (C=O) groups is 1. The number of nitrogens with two attached hydrogens (primary N) is 2. The molecule has 0 aromatic rings. The monoisotopic (exact) mass is 400 g/mol. The summed E-state index contributed by atoms with van der Waals surface area (Å²) >= 11 is 0. The minimum absolute atomic E-state index is 0.0584. The number of amides is 1. The van der Waals surface area contributed by atoms with Crippen LogP contribution in [0.4, 0.5) is 0 Å². The molecule has 1 aliphatic heterocycles. The molecule has 7 unspecified atom stereocenters. The van der Waals surface area contributed by atoms with Crippen molar-refractivity contribution in [1.29, 1.82) is 5.41 Å². The van der Waals surface area contributed by atoms with Gasteiger partial charge in [0, 0.05) is 18.0 Å². The fourth-order valence-electron chi connectivity index (χ4n) is 8.96. The minimum atomic E-state index is -0.115. The number of rotatable bonds is 4. The molecule has 5 fully saturated rings. The van der Waals surface area contributed by atoms with Gasteiger partial charge in [0.05, 0.1) is 11.9 Å². The lowest BCUT2D eigenvalue weighted by atomic mass is 9.60. The fourth-order valence-corrected chi connectivity index (χ4v) is 8.96. The van der Waals surface area contributed by atoms with Crippen molar-refractivity contribution in [2.24, 2.45) is 40.6 Å². The normalized spacial score (nSPS) is 47.2. The highest BCUT2D eigenvalue weighted by atomic mass is 16.1. The van der Waals surface area contributed by atoms with Gasteiger partial charge in [-0.05, 0) is 74.5 Å². The van der Waals surface area contributed by atoms with Gasteiger partial charge in [0.1, 0.15) is 0 Å². The second-order valence-electron chi connectivity index (χ2n) is 11.2. The van der Waals surface area contributed by atoms with Crippen LogP contribution in [0.5, 0.6) is 0 Å². The quantitative estimate of drug-likeness (QED) is 0.495. The minimum Gasteiger partial charge on any atom is -0.387 e. The number of nitrogens with one attached hydrogen (secondary N) is 1. The van der Waals surface area contributed by atoms with Crippen LogP contribution in [0.1, 0.15) is 89.9 Å². The first-order valence-electron chi connectivity index (χ1n) is 12.4. The van der Waals surface area contributed by atoms with E-state index in [4.69, 9.17) is 16.9 Å². The Hall–Kier alpha value is -1.10. The number of amidine groups is 1. The average Bonchev–Trinajstić information content (AvgIpc) is 3.21. The zero-order chi connectivity index (χ0) is 20.2. The van der Waals surface area contributed by atoms with Crippen LogP contribution in [0.2, 0.25) is 0 Å². The van der Waals surface area contributed by atoms with Crippen LogP contribution in [0.25, 0.3) is 0 Å². The summed E-state index contributed by atoms with van der Waals surface area (Å²) < 4.78 is 0. The van der Waals surface area contributed by atoms with E-state index in [1.807, 2.05) is 0 Å². The van der Waals surface area contributed by atoms with Gasteiger partial charge in [-0.1, -0.05) is 38.5 Å². The van der Waals surface area contributed by atoms with E-state index in [-0.39, 0.29) is 28.8 Å². The Morgan fingerprint density at radius 2 is 1.72 bits per heavy atom. The van der Waals surface area contributed by atoms with Gasteiger partial charge < -0.3 is 11.5 Å². The standard InChI is InChI=1S/C24H40N4O/c25-21(26)17-9-12-23-10-4-11-24(23,13-17)28(20(14-23)22(27)29)15-18-7-3-6-16-5-1-2-8-19(16)18/h16-20H,1-15H2,(H3,25,26)(H2,27,29). The van der Waals surface area contributed by atoms with Crippen LogP contribution < -0.4 is 11.5 Å². The third-order valence-corrected chi connectivity index (χ3v) is 10.2. The van der Waals surface area contributed by atoms with E-state index < -0.39 is 0 Å². The summed E-state index contributed by atoms with van der Waals surface area (Å²) in [5.74, 6) is 2.91. The molecule has 0 aromatic heterocycles. The number of primary amides is 1. The molecule has 5 rings (SSSR count). The van der Waals surface area contributed by atoms with Crippen LogP contribution in [0, 0.1) is 34.5 Å². The Balaban J connectivity index is 1.47. The molecule has 162 valence electrons. The predicted molar refractivity (Wildman–Crippen MR) is 115 cm³/mol. The molecular weight excluding hydrogens is 360 g/mol. The van der Waals surface area contributed by atoms with Crippen LogP contribution in [-0.2, 0) is 4.79 Å². The third-order valence-electron chi connectivity index (χ3n) is 10.2. The lowest BCUT2D eigenvalue weighted by Crippen LogP contribution is -2.59. The Kier molecular flexibility index (Phi) is 4.96. The van der Waals surface area contributed by atoms with E-state index in [0.717, 1.165) is 50.0 Å². The summed E-state index contributed by atoms with van der Waals surface area (Å²) in [5.41, 5.74) is 12.3. The van der Waals surface area contributed by atoms with E-state index >= 15 is 0 Å². The molecule has 1 saturated heterocycles. The van der Waals surface area contributed by atoms with Gasteiger partial charge in [0.15, 0.2) is 0 Å². The molecule has 4 aliphatic carbocycles.